The predicted octanol–water partition coefficient (Wildman–Crippen LogP) is 2.83. The Labute approximate surface area is 144 Å². The van der Waals surface area contributed by atoms with Gasteiger partial charge in [0.1, 0.15) is 13.2 Å². The van der Waals surface area contributed by atoms with Crippen LogP contribution < -0.4 is 0 Å². The van der Waals surface area contributed by atoms with E-state index in [9.17, 15) is 9.59 Å². The summed E-state index contributed by atoms with van der Waals surface area (Å²) in [5, 5.41) is 0. The molecule has 0 unspecified atom stereocenters. The number of aryl methyl sites for hydroxylation is 1. The molecule has 134 valence electrons. The van der Waals surface area contributed by atoms with E-state index in [-0.39, 0.29) is 25.2 Å². The lowest BCUT2D eigenvalue weighted by molar-refractivity contribution is -0.152. The van der Waals surface area contributed by atoms with Crippen molar-refractivity contribution in [3.8, 4) is 0 Å². The highest BCUT2D eigenvalue weighted by atomic mass is 16.6. The molecule has 0 N–H and O–H groups in total. The van der Waals surface area contributed by atoms with Crippen molar-refractivity contribution in [1.82, 2.24) is 4.90 Å². The fourth-order valence-corrected chi connectivity index (χ4v) is 2.25. The molecule has 0 atom stereocenters. The van der Waals surface area contributed by atoms with Gasteiger partial charge in [-0.1, -0.05) is 37.3 Å². The summed E-state index contributed by atoms with van der Waals surface area (Å²) < 4.78 is 9.98. The molecule has 5 heteroatoms. The third-order valence-corrected chi connectivity index (χ3v) is 3.61. The second-order valence-electron chi connectivity index (χ2n) is 5.83. The first-order valence-electron chi connectivity index (χ1n) is 8.65. The molecule has 0 radical (unpaired) electrons. The fourth-order valence-electron chi connectivity index (χ4n) is 2.25. The van der Waals surface area contributed by atoms with Gasteiger partial charge in [0.15, 0.2) is 0 Å². The van der Waals surface area contributed by atoms with Gasteiger partial charge in [-0.15, -0.1) is 0 Å². The van der Waals surface area contributed by atoms with E-state index in [0.29, 0.717) is 19.4 Å². The van der Waals surface area contributed by atoms with E-state index < -0.39 is 0 Å². The molecule has 0 saturated carbocycles. The van der Waals surface area contributed by atoms with Crippen LogP contribution in [0.25, 0.3) is 0 Å². The summed E-state index contributed by atoms with van der Waals surface area (Å²) in [7, 11) is 2.00. The van der Waals surface area contributed by atoms with Gasteiger partial charge in [0.25, 0.3) is 0 Å². The number of esters is 2. The van der Waals surface area contributed by atoms with E-state index in [1.807, 2.05) is 20.0 Å². The highest BCUT2D eigenvalue weighted by Gasteiger charge is 2.07. The van der Waals surface area contributed by atoms with Crippen molar-refractivity contribution in [3.63, 3.8) is 0 Å². The Morgan fingerprint density at radius 1 is 0.958 bits per heavy atom. The van der Waals surface area contributed by atoms with Crippen LogP contribution in [-0.2, 0) is 25.5 Å². The topological polar surface area (TPSA) is 55.8 Å². The summed E-state index contributed by atoms with van der Waals surface area (Å²) >= 11 is 0. The molecule has 0 aliphatic rings. The highest BCUT2D eigenvalue weighted by molar-refractivity contribution is 5.70. The van der Waals surface area contributed by atoms with Crippen LogP contribution in [0.3, 0.4) is 0 Å². The van der Waals surface area contributed by atoms with Crippen LogP contribution in [0.1, 0.15) is 38.2 Å². The van der Waals surface area contributed by atoms with Crippen LogP contribution in [0.2, 0.25) is 0 Å². The number of ether oxygens (including phenoxy) is 2. The zero-order valence-corrected chi connectivity index (χ0v) is 14.8. The number of benzene rings is 1. The van der Waals surface area contributed by atoms with Crippen molar-refractivity contribution in [1.29, 1.82) is 0 Å². The molecule has 0 amide bonds. The van der Waals surface area contributed by atoms with Gasteiger partial charge in [0.05, 0.1) is 6.42 Å². The molecule has 1 rings (SSSR count). The zero-order valence-electron chi connectivity index (χ0n) is 14.8. The molecule has 0 saturated heterocycles. The summed E-state index contributed by atoms with van der Waals surface area (Å²) in [5.74, 6) is -0.497. The van der Waals surface area contributed by atoms with Crippen molar-refractivity contribution in [3.05, 3.63) is 35.9 Å². The molecule has 0 aliphatic carbocycles. The maximum atomic E-state index is 11.6. The average molecular weight is 335 g/mol. The van der Waals surface area contributed by atoms with E-state index in [0.717, 1.165) is 25.8 Å². The lowest BCUT2D eigenvalue weighted by atomic mass is 10.1. The third-order valence-electron chi connectivity index (χ3n) is 3.61. The Hall–Kier alpha value is -1.88. The van der Waals surface area contributed by atoms with Crippen LogP contribution in [0.4, 0.5) is 0 Å². The molecule has 0 aliphatic heterocycles. The van der Waals surface area contributed by atoms with Crippen molar-refractivity contribution in [2.75, 3.05) is 33.4 Å². The SMILES string of the molecule is CCCC(=O)OCCOC(=O)CCN(C)CCCc1ccccc1. The summed E-state index contributed by atoms with van der Waals surface area (Å²) in [4.78, 5) is 24.9. The zero-order chi connectivity index (χ0) is 17.6. The predicted molar refractivity (Wildman–Crippen MR) is 93.7 cm³/mol. The number of nitrogens with zero attached hydrogens (tertiary/aromatic N) is 1. The van der Waals surface area contributed by atoms with Crippen molar-refractivity contribution in [2.45, 2.75) is 39.0 Å². The minimum Gasteiger partial charge on any atom is -0.462 e. The smallest absolute Gasteiger partial charge is 0.307 e. The monoisotopic (exact) mass is 335 g/mol. The molecule has 0 spiro atoms. The Morgan fingerprint density at radius 3 is 2.21 bits per heavy atom. The summed E-state index contributed by atoms with van der Waals surface area (Å²) in [6.07, 6.45) is 3.61. The quantitative estimate of drug-likeness (QED) is 0.434. The number of carbonyl (C=O) groups excluding carboxylic acids is 2. The lowest BCUT2D eigenvalue weighted by Gasteiger charge is -2.16. The molecule has 0 heterocycles. The molecule has 24 heavy (non-hydrogen) atoms. The minimum atomic E-state index is -0.253. The number of carbonyl (C=O) groups is 2. The van der Waals surface area contributed by atoms with Gasteiger partial charge in [-0.05, 0) is 38.4 Å². The number of hydrogen-bond acceptors (Lipinski definition) is 5. The van der Waals surface area contributed by atoms with Crippen LogP contribution in [0.5, 0.6) is 0 Å². The van der Waals surface area contributed by atoms with Crippen LogP contribution in [0.15, 0.2) is 30.3 Å². The third kappa shape index (κ3) is 10.0. The molecule has 1 aromatic carbocycles. The maximum Gasteiger partial charge on any atom is 0.307 e. The first-order chi connectivity index (χ1) is 11.6. The Bertz CT molecular complexity index is 476. The second kappa shape index (κ2) is 12.5. The van der Waals surface area contributed by atoms with Gasteiger partial charge in [0, 0.05) is 13.0 Å². The first-order valence-corrected chi connectivity index (χ1v) is 8.65. The summed E-state index contributed by atoms with van der Waals surface area (Å²) in [6, 6.07) is 10.4. The van der Waals surface area contributed by atoms with Gasteiger partial charge in [-0.3, -0.25) is 9.59 Å². The molecular formula is C19H29NO4. The van der Waals surface area contributed by atoms with E-state index in [2.05, 4.69) is 29.2 Å². The first kappa shape index (κ1) is 20.2. The van der Waals surface area contributed by atoms with Crippen LogP contribution in [-0.4, -0.2) is 50.2 Å². The van der Waals surface area contributed by atoms with Crippen LogP contribution in [0, 0.1) is 0 Å². The lowest BCUT2D eigenvalue weighted by Crippen LogP contribution is -2.24. The summed E-state index contributed by atoms with van der Waals surface area (Å²) in [5.41, 5.74) is 1.34. The Morgan fingerprint density at radius 2 is 1.58 bits per heavy atom. The molecular weight excluding hydrogens is 306 g/mol. The fraction of sp³-hybridized carbons (Fsp3) is 0.579. The second-order valence-corrected chi connectivity index (χ2v) is 5.83. The van der Waals surface area contributed by atoms with Crippen molar-refractivity contribution in [2.24, 2.45) is 0 Å². The number of hydrogen-bond donors (Lipinski definition) is 0. The maximum absolute atomic E-state index is 11.6. The standard InChI is InChI=1S/C19H29NO4/c1-3-8-18(21)23-15-16-24-19(22)12-14-20(2)13-7-11-17-9-5-4-6-10-17/h4-6,9-10H,3,7-8,11-16H2,1-2H3. The minimum absolute atomic E-state index is 0.131. The molecule has 1 aromatic rings. The van der Waals surface area contributed by atoms with Crippen LogP contribution >= 0.6 is 0 Å². The highest BCUT2D eigenvalue weighted by Crippen LogP contribution is 2.03. The molecule has 0 aromatic heterocycles. The van der Waals surface area contributed by atoms with Gasteiger partial charge < -0.3 is 14.4 Å². The van der Waals surface area contributed by atoms with E-state index >= 15 is 0 Å². The number of rotatable bonds is 12. The average Bonchev–Trinajstić information content (AvgIpc) is 2.58. The van der Waals surface area contributed by atoms with Gasteiger partial charge in [0.2, 0.25) is 0 Å². The van der Waals surface area contributed by atoms with E-state index in [4.69, 9.17) is 9.47 Å². The largest absolute Gasteiger partial charge is 0.462 e. The van der Waals surface area contributed by atoms with E-state index in [1.54, 1.807) is 0 Å². The van der Waals surface area contributed by atoms with Crippen molar-refractivity contribution < 1.29 is 19.1 Å². The van der Waals surface area contributed by atoms with E-state index in [1.165, 1.54) is 5.56 Å². The van der Waals surface area contributed by atoms with Gasteiger partial charge in [-0.2, -0.15) is 0 Å². The van der Waals surface area contributed by atoms with Crippen molar-refractivity contribution >= 4 is 11.9 Å². The Balaban J connectivity index is 2.01. The van der Waals surface area contributed by atoms with Gasteiger partial charge >= 0.3 is 11.9 Å². The molecule has 5 nitrogen and oxygen atoms in total. The molecule has 0 fully saturated rings. The molecule has 0 bridgehead atoms. The van der Waals surface area contributed by atoms with Gasteiger partial charge in [-0.25, -0.2) is 0 Å². The normalized spacial score (nSPS) is 10.6. The summed E-state index contributed by atoms with van der Waals surface area (Å²) in [6.45, 7) is 3.79. The Kier molecular flexibility index (Phi) is 10.5.